The maximum Gasteiger partial charge on any atom is 0.306 e. The topological polar surface area (TPSA) is 69.4 Å². The van der Waals surface area contributed by atoms with E-state index in [0.29, 0.717) is 6.42 Å². The highest BCUT2D eigenvalue weighted by molar-refractivity contribution is 5.81. The summed E-state index contributed by atoms with van der Waals surface area (Å²) >= 11 is 0. The van der Waals surface area contributed by atoms with Gasteiger partial charge < -0.3 is 10.5 Å². The molecule has 4 heteroatoms. The lowest BCUT2D eigenvalue weighted by molar-refractivity contribution is -0.157. The van der Waals surface area contributed by atoms with Crippen molar-refractivity contribution in [3.05, 3.63) is 0 Å². The van der Waals surface area contributed by atoms with Crippen molar-refractivity contribution in [1.82, 2.24) is 0 Å². The Morgan fingerprint density at radius 2 is 1.56 bits per heavy atom. The predicted octanol–water partition coefficient (Wildman–Crippen LogP) is 1.66. The second-order valence-electron chi connectivity index (χ2n) is 5.85. The average molecular weight is 229 g/mol. The number of rotatable bonds is 5. The molecule has 0 saturated heterocycles. The van der Waals surface area contributed by atoms with Gasteiger partial charge in [-0.1, -0.05) is 13.8 Å². The molecule has 0 aromatic heterocycles. The van der Waals surface area contributed by atoms with Crippen molar-refractivity contribution in [3.63, 3.8) is 0 Å². The molecule has 0 spiro atoms. The van der Waals surface area contributed by atoms with E-state index >= 15 is 0 Å². The quantitative estimate of drug-likeness (QED) is 0.728. The molecule has 0 saturated carbocycles. The molecule has 2 N–H and O–H groups in total. The second-order valence-corrected chi connectivity index (χ2v) is 5.85. The van der Waals surface area contributed by atoms with E-state index in [1.54, 1.807) is 0 Å². The Kier molecular flexibility index (Phi) is 5.13. The SMILES string of the molecule is CC(C)(CC(=O)CN)CC(=O)OC(C)(C)C. The highest BCUT2D eigenvalue weighted by Gasteiger charge is 2.27. The molecular weight excluding hydrogens is 206 g/mol. The number of nitrogens with two attached hydrogens (primary N) is 1. The van der Waals surface area contributed by atoms with Crippen LogP contribution in [-0.2, 0) is 14.3 Å². The van der Waals surface area contributed by atoms with Crippen molar-refractivity contribution in [2.75, 3.05) is 6.54 Å². The Labute approximate surface area is 97.5 Å². The summed E-state index contributed by atoms with van der Waals surface area (Å²) in [4.78, 5) is 22.8. The monoisotopic (exact) mass is 229 g/mol. The first-order valence-corrected chi connectivity index (χ1v) is 5.49. The fourth-order valence-corrected chi connectivity index (χ4v) is 1.44. The van der Waals surface area contributed by atoms with E-state index in [1.807, 2.05) is 34.6 Å². The zero-order chi connectivity index (χ0) is 13.0. The van der Waals surface area contributed by atoms with E-state index < -0.39 is 11.0 Å². The van der Waals surface area contributed by atoms with E-state index in [9.17, 15) is 9.59 Å². The van der Waals surface area contributed by atoms with Gasteiger partial charge in [0.15, 0.2) is 0 Å². The normalized spacial score (nSPS) is 12.4. The van der Waals surface area contributed by atoms with Crippen LogP contribution in [0.5, 0.6) is 0 Å². The van der Waals surface area contributed by atoms with Crippen LogP contribution in [0.1, 0.15) is 47.5 Å². The number of esters is 1. The van der Waals surface area contributed by atoms with E-state index in [0.717, 1.165) is 0 Å². The predicted molar refractivity (Wildman–Crippen MR) is 62.9 cm³/mol. The minimum atomic E-state index is -0.481. The van der Waals surface area contributed by atoms with Gasteiger partial charge in [-0.05, 0) is 26.2 Å². The summed E-state index contributed by atoms with van der Waals surface area (Å²) in [6, 6.07) is 0. The van der Waals surface area contributed by atoms with Crippen molar-refractivity contribution in [2.24, 2.45) is 11.1 Å². The van der Waals surface area contributed by atoms with Gasteiger partial charge in [0.05, 0.1) is 13.0 Å². The summed E-state index contributed by atoms with van der Waals surface area (Å²) in [5.41, 5.74) is 4.37. The van der Waals surface area contributed by atoms with Crippen LogP contribution >= 0.6 is 0 Å². The molecule has 0 rings (SSSR count). The van der Waals surface area contributed by atoms with E-state index in [2.05, 4.69) is 0 Å². The summed E-state index contributed by atoms with van der Waals surface area (Å²) in [5, 5.41) is 0. The van der Waals surface area contributed by atoms with Crippen molar-refractivity contribution in [2.45, 2.75) is 53.1 Å². The van der Waals surface area contributed by atoms with Crippen LogP contribution in [0.4, 0.5) is 0 Å². The second kappa shape index (κ2) is 5.43. The molecule has 0 heterocycles. The molecular formula is C12H23NO3. The van der Waals surface area contributed by atoms with Crippen LogP contribution in [0.2, 0.25) is 0 Å². The Bertz CT molecular complexity index is 264. The third-order valence-electron chi connectivity index (χ3n) is 1.95. The molecule has 0 aromatic rings. The van der Waals surface area contributed by atoms with E-state index in [1.165, 1.54) is 0 Å². The fraction of sp³-hybridized carbons (Fsp3) is 0.833. The van der Waals surface area contributed by atoms with E-state index in [4.69, 9.17) is 10.5 Å². The Balaban J connectivity index is 4.26. The van der Waals surface area contributed by atoms with Gasteiger partial charge in [-0.2, -0.15) is 0 Å². The summed E-state index contributed by atoms with van der Waals surface area (Å²) in [7, 11) is 0. The van der Waals surface area contributed by atoms with Gasteiger partial charge in [-0.25, -0.2) is 0 Å². The van der Waals surface area contributed by atoms with Gasteiger partial charge in [0.2, 0.25) is 0 Å². The number of carbonyl (C=O) groups is 2. The molecule has 94 valence electrons. The maximum absolute atomic E-state index is 11.6. The minimum Gasteiger partial charge on any atom is -0.460 e. The van der Waals surface area contributed by atoms with Crippen molar-refractivity contribution < 1.29 is 14.3 Å². The standard InChI is InChI=1S/C12H23NO3/c1-11(2,3)16-10(15)7-12(4,5)6-9(14)8-13/h6-8,13H2,1-5H3. The Hall–Kier alpha value is -0.900. The van der Waals surface area contributed by atoms with Gasteiger partial charge in [0.1, 0.15) is 11.4 Å². The smallest absolute Gasteiger partial charge is 0.306 e. The molecule has 0 aliphatic heterocycles. The molecule has 0 aromatic carbocycles. The Morgan fingerprint density at radius 3 is 1.94 bits per heavy atom. The third-order valence-corrected chi connectivity index (χ3v) is 1.95. The molecule has 0 aliphatic rings. The highest BCUT2D eigenvalue weighted by Crippen LogP contribution is 2.26. The van der Waals surface area contributed by atoms with Gasteiger partial charge in [-0.15, -0.1) is 0 Å². The van der Waals surface area contributed by atoms with Crippen LogP contribution in [-0.4, -0.2) is 23.9 Å². The number of hydrogen-bond acceptors (Lipinski definition) is 4. The fourth-order valence-electron chi connectivity index (χ4n) is 1.44. The van der Waals surface area contributed by atoms with Crippen LogP contribution in [0.15, 0.2) is 0 Å². The van der Waals surface area contributed by atoms with Crippen molar-refractivity contribution in [3.8, 4) is 0 Å². The number of ether oxygens (including phenoxy) is 1. The van der Waals surface area contributed by atoms with Crippen LogP contribution < -0.4 is 5.73 Å². The Morgan fingerprint density at radius 1 is 1.06 bits per heavy atom. The first-order chi connectivity index (χ1) is 7.06. The largest absolute Gasteiger partial charge is 0.460 e. The molecule has 0 atom stereocenters. The first-order valence-electron chi connectivity index (χ1n) is 5.49. The van der Waals surface area contributed by atoms with Crippen molar-refractivity contribution in [1.29, 1.82) is 0 Å². The van der Waals surface area contributed by atoms with Crippen LogP contribution in [0.3, 0.4) is 0 Å². The number of Topliss-reactive ketones (excluding diaryl/α,β-unsaturated/α-hetero) is 1. The molecule has 0 aliphatic carbocycles. The lowest BCUT2D eigenvalue weighted by Crippen LogP contribution is -2.29. The zero-order valence-corrected chi connectivity index (χ0v) is 10.9. The maximum atomic E-state index is 11.6. The third kappa shape index (κ3) is 7.40. The average Bonchev–Trinajstić information content (AvgIpc) is 1.97. The summed E-state index contributed by atoms with van der Waals surface area (Å²) in [5.74, 6) is -0.309. The lowest BCUT2D eigenvalue weighted by Gasteiger charge is -2.26. The molecule has 0 bridgehead atoms. The molecule has 0 radical (unpaired) electrons. The van der Waals surface area contributed by atoms with Gasteiger partial charge >= 0.3 is 5.97 Å². The van der Waals surface area contributed by atoms with Gasteiger partial charge in [0, 0.05) is 6.42 Å². The summed E-state index contributed by atoms with van der Waals surface area (Å²) < 4.78 is 5.21. The van der Waals surface area contributed by atoms with Crippen molar-refractivity contribution >= 4 is 11.8 Å². The van der Waals surface area contributed by atoms with Crippen LogP contribution in [0.25, 0.3) is 0 Å². The highest BCUT2D eigenvalue weighted by atomic mass is 16.6. The molecule has 0 amide bonds. The molecule has 4 nitrogen and oxygen atoms in total. The molecule has 0 fully saturated rings. The molecule has 16 heavy (non-hydrogen) atoms. The van der Waals surface area contributed by atoms with Gasteiger partial charge in [-0.3, -0.25) is 9.59 Å². The first kappa shape index (κ1) is 15.1. The summed E-state index contributed by atoms with van der Waals surface area (Å²) in [6.45, 7) is 9.22. The zero-order valence-electron chi connectivity index (χ0n) is 10.9. The van der Waals surface area contributed by atoms with Gasteiger partial charge in [0.25, 0.3) is 0 Å². The lowest BCUT2D eigenvalue weighted by atomic mass is 9.84. The van der Waals surface area contributed by atoms with E-state index in [-0.39, 0.29) is 24.7 Å². The minimum absolute atomic E-state index is 0.0255. The number of carbonyl (C=O) groups excluding carboxylic acids is 2. The van der Waals surface area contributed by atoms with Crippen LogP contribution in [0, 0.1) is 5.41 Å². The summed E-state index contributed by atoms with van der Waals surface area (Å²) in [6.07, 6.45) is 0.540. The number of hydrogen-bond donors (Lipinski definition) is 1. The molecule has 0 unspecified atom stereocenters. The number of ketones is 1.